The zero-order valence-corrected chi connectivity index (χ0v) is 16.9. The van der Waals surface area contributed by atoms with Gasteiger partial charge in [0.2, 0.25) is 10.4 Å². The van der Waals surface area contributed by atoms with Crippen LogP contribution in [0.25, 0.3) is 0 Å². The van der Waals surface area contributed by atoms with Crippen molar-refractivity contribution in [3.05, 3.63) is 0 Å². The minimum Gasteiger partial charge on any atom is -0.726 e. The van der Waals surface area contributed by atoms with E-state index < -0.39 is 10.4 Å². The van der Waals surface area contributed by atoms with E-state index >= 15 is 0 Å². The lowest BCUT2D eigenvalue weighted by atomic mass is 10.1. The predicted molar refractivity (Wildman–Crippen MR) is 97.9 cm³/mol. The zero-order valence-electron chi connectivity index (χ0n) is 16.1. The second-order valence-corrected chi connectivity index (χ2v) is 8.09. The molecule has 0 atom stereocenters. The van der Waals surface area contributed by atoms with Crippen LogP contribution in [0, 0.1) is 0 Å². The summed E-state index contributed by atoms with van der Waals surface area (Å²) < 4.78 is 39.5. The van der Waals surface area contributed by atoms with Crippen LogP contribution >= 0.6 is 0 Å². The van der Waals surface area contributed by atoms with E-state index in [1.807, 2.05) is 0 Å². The van der Waals surface area contributed by atoms with Crippen molar-refractivity contribution in [3.63, 3.8) is 0 Å². The highest BCUT2D eigenvalue weighted by atomic mass is 32.3. The lowest BCUT2D eigenvalue weighted by Crippen LogP contribution is -2.37. The largest absolute Gasteiger partial charge is 0.726 e. The highest BCUT2D eigenvalue weighted by Crippen LogP contribution is 2.10. The molecule has 0 aliphatic heterocycles. The van der Waals surface area contributed by atoms with Crippen molar-refractivity contribution in [2.24, 2.45) is 0 Å². The number of nitrogens with zero attached hydrogens (tertiary/aromatic N) is 1. The summed E-state index contributed by atoms with van der Waals surface area (Å²) in [6, 6.07) is 0. The first kappa shape index (κ1) is 26.0. The van der Waals surface area contributed by atoms with Gasteiger partial charge in [-0.25, -0.2) is 8.42 Å². The first-order chi connectivity index (χ1) is 11.1. The molecule has 0 rings (SSSR count). The van der Waals surface area contributed by atoms with E-state index in [-0.39, 0.29) is 0 Å². The van der Waals surface area contributed by atoms with Crippen LogP contribution in [0.15, 0.2) is 0 Å². The summed E-state index contributed by atoms with van der Waals surface area (Å²) in [5.74, 6) is 0. The van der Waals surface area contributed by atoms with Crippen molar-refractivity contribution in [1.29, 1.82) is 0 Å². The summed E-state index contributed by atoms with van der Waals surface area (Å²) in [6.45, 7) is 5.25. The van der Waals surface area contributed by atoms with E-state index in [4.69, 9.17) is 22.3 Å². The van der Waals surface area contributed by atoms with E-state index in [0.717, 1.165) is 24.2 Å². The van der Waals surface area contributed by atoms with Crippen molar-refractivity contribution in [2.45, 2.75) is 71.1 Å². The molecule has 0 aromatic carbocycles. The molecule has 0 saturated heterocycles. The average molecular weight is 370 g/mol. The molecule has 148 valence electrons. The number of unbranched alkanes of at least 4 members (excludes halogenated alkanes) is 9. The fourth-order valence-electron chi connectivity index (χ4n) is 2.13. The van der Waals surface area contributed by atoms with Gasteiger partial charge in [0.05, 0.1) is 27.7 Å². The second-order valence-electron chi connectivity index (χ2n) is 7.24. The van der Waals surface area contributed by atoms with Crippen molar-refractivity contribution >= 4 is 10.4 Å². The monoisotopic (exact) mass is 369 g/mol. The quantitative estimate of drug-likeness (QED) is 0.219. The molecule has 0 amide bonds. The van der Waals surface area contributed by atoms with Gasteiger partial charge in [-0.3, -0.25) is 4.55 Å². The van der Waals surface area contributed by atoms with Crippen LogP contribution in [0.2, 0.25) is 0 Å². The molecule has 0 saturated carbocycles. The summed E-state index contributed by atoms with van der Waals surface area (Å²) in [6.07, 6.45) is 14.0. The Labute approximate surface area is 149 Å². The van der Waals surface area contributed by atoms with Gasteiger partial charge < -0.3 is 13.8 Å². The van der Waals surface area contributed by atoms with Gasteiger partial charge in [0.25, 0.3) is 0 Å². The topological polar surface area (TPSA) is 86.7 Å². The summed E-state index contributed by atoms with van der Waals surface area (Å²) in [7, 11) is 1.72. The average Bonchev–Trinajstić information content (AvgIpc) is 2.41. The van der Waals surface area contributed by atoms with Gasteiger partial charge in [-0.1, -0.05) is 64.7 Å². The van der Waals surface area contributed by atoms with Crippen molar-refractivity contribution < 1.29 is 26.7 Å². The number of rotatable bonds is 14. The van der Waals surface area contributed by atoms with Crippen molar-refractivity contribution in [2.75, 3.05) is 40.9 Å². The van der Waals surface area contributed by atoms with Crippen LogP contribution in [0.3, 0.4) is 0 Å². The van der Waals surface area contributed by atoms with E-state index in [1.165, 1.54) is 64.2 Å². The Kier molecular flexibility index (Phi) is 17.6. The number of likely N-dealkylation sites (N-methyl/N-ethyl adjacent to an activating group) is 1. The van der Waals surface area contributed by atoms with Crippen LogP contribution in [0.4, 0.5) is 0 Å². The lowest BCUT2D eigenvalue weighted by molar-refractivity contribution is -0.870. The molecule has 7 heteroatoms. The maximum absolute atomic E-state index is 8.63. The molecule has 0 fully saturated rings. The van der Waals surface area contributed by atoms with Gasteiger partial charge in [0.15, 0.2) is 0 Å². The third-order valence-corrected chi connectivity index (χ3v) is 3.55. The molecule has 0 radical (unpaired) electrons. The fourth-order valence-corrected chi connectivity index (χ4v) is 2.13. The first-order valence-electron chi connectivity index (χ1n) is 9.12. The van der Waals surface area contributed by atoms with Crippen LogP contribution in [-0.2, 0) is 15.1 Å². The molecule has 0 spiro atoms. The Balaban J connectivity index is 0. The molecule has 0 aromatic heterocycles. The van der Waals surface area contributed by atoms with Gasteiger partial charge in [-0.05, 0) is 6.42 Å². The zero-order chi connectivity index (χ0) is 18.9. The smallest absolute Gasteiger partial charge is 0.215 e. The lowest BCUT2D eigenvalue weighted by Gasteiger charge is -2.23. The van der Waals surface area contributed by atoms with Gasteiger partial charge in [-0.15, -0.1) is 0 Å². The van der Waals surface area contributed by atoms with Crippen molar-refractivity contribution in [3.8, 4) is 0 Å². The first-order valence-corrected chi connectivity index (χ1v) is 10.5. The SMILES string of the molecule is CCCCCCCCCCCCOCC[N+](C)(C)C.O=S(=O)([O-])O. The van der Waals surface area contributed by atoms with Crippen LogP contribution in [0.1, 0.15) is 71.1 Å². The predicted octanol–water partition coefficient (Wildman–Crippen LogP) is 3.63. The second kappa shape index (κ2) is 16.3. The Bertz CT molecular complexity index is 344. The third-order valence-electron chi connectivity index (χ3n) is 3.55. The Hall–Kier alpha value is -0.210. The van der Waals surface area contributed by atoms with E-state index in [0.29, 0.717) is 0 Å². The Morgan fingerprint density at radius 2 is 1.21 bits per heavy atom. The molecule has 24 heavy (non-hydrogen) atoms. The summed E-state index contributed by atoms with van der Waals surface area (Å²) >= 11 is 0. The van der Waals surface area contributed by atoms with Crippen LogP contribution < -0.4 is 0 Å². The molecule has 0 heterocycles. The molecule has 6 nitrogen and oxygen atoms in total. The molecule has 0 aliphatic carbocycles. The minimum absolute atomic E-state index is 0.904. The van der Waals surface area contributed by atoms with Gasteiger partial charge in [0.1, 0.15) is 6.54 Å². The Morgan fingerprint density at radius 3 is 1.58 bits per heavy atom. The van der Waals surface area contributed by atoms with Gasteiger partial charge in [0, 0.05) is 6.61 Å². The molecule has 0 aromatic rings. The minimum atomic E-state index is -4.92. The van der Waals surface area contributed by atoms with Gasteiger partial charge in [-0.2, -0.15) is 0 Å². The standard InChI is InChI=1S/C17H38NO.H2O4S/c1-5-6-7-8-9-10-11-12-13-14-16-19-17-15-18(2,3)4;1-5(2,3)4/h5-17H2,1-4H3;(H2,1,2,3,4)/q+1;/p-1. The normalized spacial score (nSPS) is 11.9. The van der Waals surface area contributed by atoms with Crippen molar-refractivity contribution in [1.82, 2.24) is 0 Å². The Morgan fingerprint density at radius 1 is 0.833 bits per heavy atom. The third kappa shape index (κ3) is 37.8. The summed E-state index contributed by atoms with van der Waals surface area (Å²) in [5.41, 5.74) is 0. The van der Waals surface area contributed by atoms with E-state index in [2.05, 4.69) is 28.1 Å². The maximum Gasteiger partial charge on any atom is 0.215 e. The molecular formula is C17H39NO5S. The van der Waals surface area contributed by atoms with Crippen LogP contribution in [-0.4, -0.2) is 62.9 Å². The van der Waals surface area contributed by atoms with Gasteiger partial charge >= 0.3 is 0 Å². The number of hydrogen-bond donors (Lipinski definition) is 1. The highest BCUT2D eigenvalue weighted by molar-refractivity contribution is 7.79. The maximum atomic E-state index is 8.63. The van der Waals surface area contributed by atoms with E-state index in [1.54, 1.807) is 0 Å². The molecule has 0 unspecified atom stereocenters. The molecular weight excluding hydrogens is 330 g/mol. The van der Waals surface area contributed by atoms with Crippen LogP contribution in [0.5, 0.6) is 0 Å². The molecule has 0 aliphatic rings. The number of quaternary nitrogens is 1. The summed E-state index contributed by atoms with van der Waals surface area (Å²) in [5, 5.41) is 0. The number of hydrogen-bond acceptors (Lipinski definition) is 4. The highest BCUT2D eigenvalue weighted by Gasteiger charge is 2.05. The number of ether oxygens (including phenoxy) is 1. The molecule has 0 bridgehead atoms. The molecule has 1 N–H and O–H groups in total. The fraction of sp³-hybridized carbons (Fsp3) is 1.00. The van der Waals surface area contributed by atoms with E-state index in [9.17, 15) is 0 Å². The summed E-state index contributed by atoms with van der Waals surface area (Å²) in [4.78, 5) is 0.